The number of hydrogen-bond donors (Lipinski definition) is 2. The van der Waals surface area contributed by atoms with Crippen molar-refractivity contribution in [1.29, 1.82) is 0 Å². The molecule has 6 nitrogen and oxygen atoms in total. The first-order chi connectivity index (χ1) is 15.9. The molecule has 0 spiro atoms. The predicted molar refractivity (Wildman–Crippen MR) is 128 cm³/mol. The summed E-state index contributed by atoms with van der Waals surface area (Å²) in [6.07, 6.45) is 6.98. The molecule has 5 rings (SSSR count). The number of halogens is 1. The first-order valence-electron chi connectivity index (χ1n) is 11.2. The van der Waals surface area contributed by atoms with Crippen LogP contribution in [0.3, 0.4) is 0 Å². The van der Waals surface area contributed by atoms with Crippen molar-refractivity contribution in [2.75, 3.05) is 25.1 Å². The molecule has 2 N–H and O–H groups in total. The number of rotatable bonds is 7. The zero-order chi connectivity index (χ0) is 23.0. The Hall–Kier alpha value is -2.97. The molecule has 172 valence electrons. The molecule has 0 atom stereocenters. The summed E-state index contributed by atoms with van der Waals surface area (Å²) in [4.78, 5) is 17.4. The van der Waals surface area contributed by atoms with Gasteiger partial charge in [0, 0.05) is 29.0 Å². The Morgan fingerprint density at radius 1 is 1.30 bits per heavy atom. The maximum absolute atomic E-state index is 14.5. The lowest BCUT2D eigenvalue weighted by atomic mass is 9.90. The van der Waals surface area contributed by atoms with E-state index in [2.05, 4.69) is 27.1 Å². The molecule has 0 bridgehead atoms. The molecule has 2 fully saturated rings. The van der Waals surface area contributed by atoms with Crippen LogP contribution in [0.1, 0.15) is 42.1 Å². The molecule has 1 saturated heterocycles. The van der Waals surface area contributed by atoms with Gasteiger partial charge in [0.1, 0.15) is 5.82 Å². The van der Waals surface area contributed by atoms with Gasteiger partial charge in [0.15, 0.2) is 5.13 Å². The zero-order valence-electron chi connectivity index (χ0n) is 18.8. The van der Waals surface area contributed by atoms with Gasteiger partial charge in [-0.2, -0.15) is 0 Å². The van der Waals surface area contributed by atoms with Crippen LogP contribution in [0.5, 0.6) is 0 Å². The molecule has 33 heavy (non-hydrogen) atoms. The molecule has 1 aromatic carbocycles. The van der Waals surface area contributed by atoms with Crippen molar-refractivity contribution < 1.29 is 13.9 Å². The third-order valence-electron chi connectivity index (χ3n) is 6.44. The van der Waals surface area contributed by atoms with Crippen molar-refractivity contribution in [2.45, 2.75) is 38.6 Å². The van der Waals surface area contributed by atoms with Crippen LogP contribution in [0.4, 0.5) is 9.52 Å². The van der Waals surface area contributed by atoms with Crippen LogP contribution in [0.25, 0.3) is 11.3 Å². The average molecular weight is 467 g/mol. The Labute approximate surface area is 196 Å². The van der Waals surface area contributed by atoms with Gasteiger partial charge < -0.3 is 19.9 Å². The van der Waals surface area contributed by atoms with E-state index in [-0.39, 0.29) is 17.3 Å². The van der Waals surface area contributed by atoms with Gasteiger partial charge in [-0.25, -0.2) is 9.37 Å². The Balaban J connectivity index is 1.26. The van der Waals surface area contributed by atoms with E-state index in [0.29, 0.717) is 47.3 Å². The highest BCUT2D eigenvalue weighted by atomic mass is 32.1. The highest BCUT2D eigenvalue weighted by Gasteiger charge is 2.35. The van der Waals surface area contributed by atoms with Gasteiger partial charge in [0.25, 0.3) is 5.91 Å². The SMILES string of the molecule is Cc1cccc(-c2csc(NC(CNC(=O)c3ccn(C4(C)COC4)c3)=C3CCC3)n2)c1F. The molecule has 1 aliphatic heterocycles. The highest BCUT2D eigenvalue weighted by molar-refractivity contribution is 7.14. The van der Waals surface area contributed by atoms with Crippen LogP contribution in [-0.4, -0.2) is 35.2 Å². The first kappa shape index (κ1) is 21.9. The Morgan fingerprint density at radius 2 is 2.12 bits per heavy atom. The highest BCUT2D eigenvalue weighted by Crippen LogP contribution is 2.32. The van der Waals surface area contributed by atoms with Gasteiger partial charge in [-0.15, -0.1) is 11.3 Å². The molecule has 3 heterocycles. The van der Waals surface area contributed by atoms with E-state index >= 15 is 0 Å². The zero-order valence-corrected chi connectivity index (χ0v) is 19.6. The fourth-order valence-corrected chi connectivity index (χ4v) is 4.76. The maximum Gasteiger partial charge on any atom is 0.253 e. The summed E-state index contributed by atoms with van der Waals surface area (Å²) < 4.78 is 21.9. The number of carbonyl (C=O) groups is 1. The minimum Gasteiger partial charge on any atom is -0.376 e. The molecule has 3 aromatic rings. The predicted octanol–water partition coefficient (Wildman–Crippen LogP) is 5.08. The van der Waals surface area contributed by atoms with Crippen LogP contribution in [0.2, 0.25) is 0 Å². The number of amides is 1. The molecule has 1 amide bonds. The van der Waals surface area contributed by atoms with Crippen LogP contribution in [0, 0.1) is 12.7 Å². The molecule has 1 aliphatic carbocycles. The summed E-state index contributed by atoms with van der Waals surface area (Å²) in [5.41, 5.74) is 4.54. The number of hydrogen-bond acceptors (Lipinski definition) is 5. The van der Waals surface area contributed by atoms with Crippen LogP contribution >= 0.6 is 11.3 Å². The largest absolute Gasteiger partial charge is 0.376 e. The van der Waals surface area contributed by atoms with E-state index in [4.69, 9.17) is 4.74 Å². The van der Waals surface area contributed by atoms with Crippen molar-refractivity contribution >= 4 is 22.4 Å². The van der Waals surface area contributed by atoms with Gasteiger partial charge >= 0.3 is 0 Å². The summed E-state index contributed by atoms with van der Waals surface area (Å²) in [6, 6.07) is 7.17. The van der Waals surface area contributed by atoms with Gasteiger partial charge in [-0.3, -0.25) is 4.79 Å². The molecule has 2 aromatic heterocycles. The van der Waals surface area contributed by atoms with Crippen molar-refractivity contribution in [3.05, 3.63) is 70.3 Å². The van der Waals surface area contributed by atoms with E-state index in [1.807, 2.05) is 29.9 Å². The van der Waals surface area contributed by atoms with Gasteiger partial charge in [-0.1, -0.05) is 12.1 Å². The van der Waals surface area contributed by atoms with Crippen LogP contribution < -0.4 is 10.6 Å². The quantitative estimate of drug-likeness (QED) is 0.509. The topological polar surface area (TPSA) is 68.2 Å². The van der Waals surface area contributed by atoms with Crippen LogP contribution in [-0.2, 0) is 10.3 Å². The number of benzene rings is 1. The minimum absolute atomic E-state index is 0.0710. The molecule has 1 saturated carbocycles. The number of allylic oxidation sites excluding steroid dienone is 1. The Bertz CT molecular complexity index is 1220. The lowest BCUT2D eigenvalue weighted by Gasteiger charge is -2.39. The molecule has 2 aliphatic rings. The third-order valence-corrected chi connectivity index (χ3v) is 7.20. The third kappa shape index (κ3) is 4.32. The molecular weight excluding hydrogens is 439 g/mol. The van der Waals surface area contributed by atoms with Gasteiger partial charge in [0.05, 0.1) is 36.6 Å². The number of aromatic nitrogens is 2. The van der Waals surface area contributed by atoms with Crippen molar-refractivity contribution in [3.63, 3.8) is 0 Å². The van der Waals surface area contributed by atoms with Crippen molar-refractivity contribution in [3.8, 4) is 11.3 Å². The number of anilines is 1. The Kier molecular flexibility index (Phi) is 5.80. The summed E-state index contributed by atoms with van der Waals surface area (Å²) in [7, 11) is 0. The molecule has 8 heteroatoms. The summed E-state index contributed by atoms with van der Waals surface area (Å²) in [5.74, 6) is -0.355. The minimum atomic E-state index is -0.242. The van der Waals surface area contributed by atoms with Gasteiger partial charge in [-0.05, 0) is 56.4 Å². The number of nitrogens with one attached hydrogen (secondary N) is 2. The summed E-state index contributed by atoms with van der Waals surface area (Å²) in [5, 5.41) is 8.97. The fourth-order valence-electron chi connectivity index (χ4n) is 4.03. The Morgan fingerprint density at radius 3 is 2.82 bits per heavy atom. The van der Waals surface area contributed by atoms with E-state index < -0.39 is 0 Å². The van der Waals surface area contributed by atoms with Gasteiger partial charge in [0.2, 0.25) is 0 Å². The number of thiazole rings is 1. The second kappa shape index (κ2) is 8.76. The van der Waals surface area contributed by atoms with E-state index in [0.717, 1.165) is 25.0 Å². The monoisotopic (exact) mass is 466 g/mol. The van der Waals surface area contributed by atoms with E-state index in [1.165, 1.54) is 16.9 Å². The average Bonchev–Trinajstić information content (AvgIpc) is 3.41. The van der Waals surface area contributed by atoms with Crippen LogP contribution in [0.15, 0.2) is 53.3 Å². The molecule has 0 unspecified atom stereocenters. The summed E-state index contributed by atoms with van der Waals surface area (Å²) >= 11 is 1.43. The lowest BCUT2D eigenvalue weighted by molar-refractivity contribution is -0.0895. The number of ether oxygens (including phenoxy) is 1. The first-order valence-corrected chi connectivity index (χ1v) is 12.0. The second-order valence-corrected chi connectivity index (χ2v) is 9.87. The second-order valence-electron chi connectivity index (χ2n) is 9.01. The number of nitrogens with zero attached hydrogens (tertiary/aromatic N) is 2. The van der Waals surface area contributed by atoms with Crippen molar-refractivity contribution in [1.82, 2.24) is 14.9 Å². The number of carbonyl (C=O) groups excluding carboxylic acids is 1. The standard InChI is InChI=1S/C25H27FN4O2S/c1-16-5-3-8-19(22(16)26)21-13-33-24(29-21)28-20(17-6-4-7-17)11-27-23(31)18-9-10-30(12-18)25(2)14-32-15-25/h3,5,8-10,12-13H,4,6-7,11,14-15H2,1-2H3,(H,27,31)(H,28,29). The summed E-state index contributed by atoms with van der Waals surface area (Å²) in [6.45, 7) is 5.58. The maximum atomic E-state index is 14.5. The smallest absolute Gasteiger partial charge is 0.253 e. The molecule has 0 radical (unpaired) electrons. The lowest BCUT2D eigenvalue weighted by Crippen LogP contribution is -2.48. The fraction of sp³-hybridized carbons (Fsp3) is 0.360. The normalized spacial score (nSPS) is 16.6. The van der Waals surface area contributed by atoms with E-state index in [9.17, 15) is 9.18 Å². The van der Waals surface area contributed by atoms with Crippen molar-refractivity contribution in [2.24, 2.45) is 0 Å². The molecular formula is C25H27FN4O2S. The van der Waals surface area contributed by atoms with E-state index in [1.54, 1.807) is 19.1 Å². The number of aryl methyl sites for hydroxylation is 1.